The van der Waals surface area contributed by atoms with Crippen molar-refractivity contribution < 1.29 is 28.3 Å². The largest absolute Gasteiger partial charge is 0.462 e. The van der Waals surface area contributed by atoms with E-state index in [1.807, 2.05) is 13.0 Å². The number of hydrogen-bond acceptors (Lipinski definition) is 8. The molecular formula is C23H23NO7S. The molecule has 3 aromatic rings. The number of carbonyl (C=O) groups is 3. The number of thiophene rings is 1. The molecule has 1 aromatic carbocycles. The van der Waals surface area contributed by atoms with Gasteiger partial charge in [-0.3, -0.25) is 9.59 Å². The Bertz CT molecular complexity index is 1290. The summed E-state index contributed by atoms with van der Waals surface area (Å²) >= 11 is 0.898. The van der Waals surface area contributed by atoms with E-state index in [0.29, 0.717) is 16.5 Å². The molecule has 2 heterocycles. The van der Waals surface area contributed by atoms with Gasteiger partial charge in [0.2, 0.25) is 0 Å². The Labute approximate surface area is 188 Å². The molecule has 0 aliphatic carbocycles. The Morgan fingerprint density at radius 2 is 1.66 bits per heavy atom. The molecular weight excluding hydrogens is 434 g/mol. The van der Waals surface area contributed by atoms with Crippen molar-refractivity contribution >= 4 is 45.2 Å². The van der Waals surface area contributed by atoms with Gasteiger partial charge < -0.3 is 19.2 Å². The minimum Gasteiger partial charge on any atom is -0.462 e. The number of hydrogen-bond donors (Lipinski definition) is 1. The lowest BCUT2D eigenvalue weighted by Gasteiger charge is -2.09. The molecule has 168 valence electrons. The number of ether oxygens (including phenoxy) is 2. The van der Waals surface area contributed by atoms with Gasteiger partial charge in [0.25, 0.3) is 5.91 Å². The number of nitrogens with one attached hydrogen (secondary N) is 1. The highest BCUT2D eigenvalue weighted by Crippen LogP contribution is 2.35. The van der Waals surface area contributed by atoms with E-state index in [2.05, 4.69) is 5.32 Å². The van der Waals surface area contributed by atoms with Crippen LogP contribution >= 0.6 is 11.3 Å². The van der Waals surface area contributed by atoms with E-state index >= 15 is 0 Å². The van der Waals surface area contributed by atoms with Crippen LogP contribution in [0.1, 0.15) is 61.1 Å². The maximum atomic E-state index is 12.9. The number of amides is 1. The Hall–Kier alpha value is -3.46. The summed E-state index contributed by atoms with van der Waals surface area (Å²) in [5.41, 5.74) is 2.02. The monoisotopic (exact) mass is 457 g/mol. The second kappa shape index (κ2) is 9.35. The number of esters is 2. The highest BCUT2D eigenvalue weighted by Gasteiger charge is 2.28. The number of rotatable bonds is 6. The van der Waals surface area contributed by atoms with Crippen molar-refractivity contribution in [2.75, 3.05) is 18.5 Å². The summed E-state index contributed by atoms with van der Waals surface area (Å²) in [6.45, 7) is 8.85. The number of aryl methyl sites for hydroxylation is 2. The summed E-state index contributed by atoms with van der Waals surface area (Å²) < 4.78 is 15.9. The fourth-order valence-corrected chi connectivity index (χ4v) is 4.25. The van der Waals surface area contributed by atoms with E-state index in [1.54, 1.807) is 33.8 Å². The fourth-order valence-electron chi connectivity index (χ4n) is 3.17. The first-order chi connectivity index (χ1) is 15.2. The molecule has 0 fully saturated rings. The van der Waals surface area contributed by atoms with Crippen LogP contribution in [-0.4, -0.2) is 31.1 Å². The molecule has 0 radical (unpaired) electrons. The van der Waals surface area contributed by atoms with Crippen LogP contribution in [-0.2, 0) is 9.47 Å². The predicted molar refractivity (Wildman–Crippen MR) is 121 cm³/mol. The topological polar surface area (TPSA) is 112 Å². The third-order valence-electron chi connectivity index (χ3n) is 4.95. The van der Waals surface area contributed by atoms with Crippen LogP contribution in [0.15, 0.2) is 27.4 Å². The Balaban J connectivity index is 2.06. The zero-order chi connectivity index (χ0) is 23.6. The molecule has 0 bridgehead atoms. The van der Waals surface area contributed by atoms with Crippen LogP contribution in [0.3, 0.4) is 0 Å². The summed E-state index contributed by atoms with van der Waals surface area (Å²) in [6, 6.07) is 4.56. The summed E-state index contributed by atoms with van der Waals surface area (Å²) in [5.74, 6) is -2.23. The SMILES string of the molecule is CCOC(=O)c1sc(NC(=O)c2cc(=O)c3ccc(C)c(C)c3o2)c(C(=O)OCC)c1C. The van der Waals surface area contributed by atoms with E-state index in [4.69, 9.17) is 13.9 Å². The molecule has 0 saturated carbocycles. The molecule has 0 aliphatic rings. The van der Waals surface area contributed by atoms with Crippen LogP contribution < -0.4 is 10.7 Å². The molecule has 9 heteroatoms. The maximum Gasteiger partial charge on any atom is 0.348 e. The van der Waals surface area contributed by atoms with Crippen LogP contribution in [0.5, 0.6) is 0 Å². The van der Waals surface area contributed by atoms with Gasteiger partial charge >= 0.3 is 11.9 Å². The Morgan fingerprint density at radius 3 is 2.31 bits per heavy atom. The van der Waals surface area contributed by atoms with Gasteiger partial charge in [-0.25, -0.2) is 9.59 Å². The average Bonchev–Trinajstić information content (AvgIpc) is 3.07. The van der Waals surface area contributed by atoms with E-state index in [-0.39, 0.29) is 39.8 Å². The summed E-state index contributed by atoms with van der Waals surface area (Å²) in [6.07, 6.45) is 0. The Morgan fingerprint density at radius 1 is 1.00 bits per heavy atom. The Kier molecular flexibility index (Phi) is 6.78. The van der Waals surface area contributed by atoms with Crippen LogP contribution in [0.2, 0.25) is 0 Å². The lowest BCUT2D eigenvalue weighted by molar-refractivity contribution is 0.0527. The van der Waals surface area contributed by atoms with Gasteiger partial charge in [-0.15, -0.1) is 11.3 Å². The van der Waals surface area contributed by atoms with Gasteiger partial charge in [0.05, 0.1) is 24.2 Å². The van der Waals surface area contributed by atoms with Crippen molar-refractivity contribution in [2.45, 2.75) is 34.6 Å². The molecule has 0 atom stereocenters. The van der Waals surface area contributed by atoms with E-state index in [9.17, 15) is 19.2 Å². The number of benzene rings is 1. The van der Waals surface area contributed by atoms with E-state index in [0.717, 1.165) is 28.5 Å². The zero-order valence-corrected chi connectivity index (χ0v) is 19.2. The molecule has 0 unspecified atom stereocenters. The average molecular weight is 458 g/mol. The van der Waals surface area contributed by atoms with Gasteiger partial charge in [-0.1, -0.05) is 6.07 Å². The van der Waals surface area contributed by atoms with Gasteiger partial charge in [0.15, 0.2) is 11.2 Å². The van der Waals surface area contributed by atoms with E-state index < -0.39 is 17.8 Å². The summed E-state index contributed by atoms with van der Waals surface area (Å²) in [4.78, 5) is 50.5. The molecule has 2 aromatic heterocycles. The number of fused-ring (bicyclic) bond motifs is 1. The third kappa shape index (κ3) is 4.29. The van der Waals surface area contributed by atoms with Crippen LogP contribution in [0, 0.1) is 20.8 Å². The summed E-state index contributed by atoms with van der Waals surface area (Å²) in [7, 11) is 0. The lowest BCUT2D eigenvalue weighted by Crippen LogP contribution is -2.17. The zero-order valence-electron chi connectivity index (χ0n) is 18.4. The molecule has 32 heavy (non-hydrogen) atoms. The predicted octanol–water partition coefficient (Wildman–Crippen LogP) is 4.39. The minimum atomic E-state index is -0.730. The number of anilines is 1. The van der Waals surface area contributed by atoms with Crippen LogP contribution in [0.4, 0.5) is 5.00 Å². The summed E-state index contributed by atoms with van der Waals surface area (Å²) in [5, 5.41) is 3.07. The van der Waals surface area contributed by atoms with Crippen molar-refractivity contribution in [3.05, 3.63) is 61.3 Å². The fraction of sp³-hybridized carbons (Fsp3) is 0.304. The van der Waals surface area contributed by atoms with Crippen molar-refractivity contribution in [3.8, 4) is 0 Å². The smallest absolute Gasteiger partial charge is 0.348 e. The standard InChI is InChI=1S/C23H23NO7S/c1-6-29-22(27)17-13(5)19(23(28)30-7-2)32-21(17)24-20(26)16-10-15(25)14-9-8-11(3)12(4)18(14)31-16/h8-10H,6-7H2,1-5H3,(H,24,26). The normalized spacial score (nSPS) is 10.8. The lowest BCUT2D eigenvalue weighted by atomic mass is 10.1. The van der Waals surface area contributed by atoms with E-state index in [1.165, 1.54) is 0 Å². The highest BCUT2D eigenvalue weighted by atomic mass is 32.1. The van der Waals surface area contributed by atoms with Gasteiger partial charge in [0.1, 0.15) is 15.5 Å². The minimum absolute atomic E-state index is 0.0587. The first kappa shape index (κ1) is 23.2. The highest BCUT2D eigenvalue weighted by molar-refractivity contribution is 7.18. The second-order valence-corrected chi connectivity index (χ2v) is 8.04. The van der Waals surface area contributed by atoms with Crippen molar-refractivity contribution in [3.63, 3.8) is 0 Å². The van der Waals surface area contributed by atoms with Gasteiger partial charge in [-0.2, -0.15) is 0 Å². The van der Waals surface area contributed by atoms with Crippen molar-refractivity contribution in [1.29, 1.82) is 0 Å². The van der Waals surface area contributed by atoms with Gasteiger partial charge in [-0.05, 0) is 57.4 Å². The third-order valence-corrected chi connectivity index (χ3v) is 6.14. The molecule has 0 spiro atoms. The van der Waals surface area contributed by atoms with Crippen LogP contribution in [0.25, 0.3) is 11.0 Å². The molecule has 0 aliphatic heterocycles. The maximum absolute atomic E-state index is 12.9. The molecule has 1 N–H and O–H groups in total. The van der Waals surface area contributed by atoms with Gasteiger partial charge in [0, 0.05) is 6.07 Å². The first-order valence-corrected chi connectivity index (χ1v) is 10.8. The first-order valence-electron chi connectivity index (χ1n) is 10.0. The van der Waals surface area contributed by atoms with Crippen molar-refractivity contribution in [1.82, 2.24) is 0 Å². The molecule has 8 nitrogen and oxygen atoms in total. The quantitative estimate of drug-likeness (QED) is 0.547. The second-order valence-electron chi connectivity index (χ2n) is 7.01. The van der Waals surface area contributed by atoms with Crippen molar-refractivity contribution in [2.24, 2.45) is 0 Å². The molecule has 1 amide bonds. The number of carbonyl (C=O) groups excluding carboxylic acids is 3. The molecule has 0 saturated heterocycles. The molecule has 3 rings (SSSR count).